The molecule has 1 saturated heterocycles. The molecule has 1 aliphatic rings. The summed E-state index contributed by atoms with van der Waals surface area (Å²) < 4.78 is 18.2. The molecule has 4 atom stereocenters. The lowest BCUT2D eigenvalue weighted by molar-refractivity contribution is -0.203. The normalized spacial score (nSPS) is 28.1. The minimum atomic E-state index is -2.04. The van der Waals surface area contributed by atoms with Crippen molar-refractivity contribution in [3.63, 3.8) is 0 Å². The summed E-state index contributed by atoms with van der Waals surface area (Å²) in [5.74, 6) is -0.806. The van der Waals surface area contributed by atoms with Crippen molar-refractivity contribution in [3.8, 4) is 0 Å². The molecule has 1 heterocycles. The maximum absolute atomic E-state index is 11.6. The van der Waals surface area contributed by atoms with Crippen molar-refractivity contribution in [2.24, 2.45) is 5.11 Å². The number of hydrogen-bond acceptors (Lipinski definition) is 5. The van der Waals surface area contributed by atoms with Gasteiger partial charge in [0.05, 0.1) is 6.04 Å². The Balaban J connectivity index is 2.96. The van der Waals surface area contributed by atoms with Crippen LogP contribution in [0.25, 0.3) is 10.4 Å². The number of alkyl halides is 2. The van der Waals surface area contributed by atoms with Crippen molar-refractivity contribution in [2.45, 2.75) is 69.9 Å². The third kappa shape index (κ3) is 5.74. The van der Waals surface area contributed by atoms with Crippen molar-refractivity contribution in [1.29, 1.82) is 0 Å². The molecule has 0 unspecified atom stereocenters. The van der Waals surface area contributed by atoms with Crippen LogP contribution in [0, 0.1) is 0 Å². The van der Waals surface area contributed by atoms with Gasteiger partial charge in [0.2, 0.25) is 0 Å². The number of ether oxygens (including phenoxy) is 2. The molecule has 0 saturated carbocycles. The first-order valence-electron chi connectivity index (χ1n) is 7.74. The number of nitrogens with zero attached hydrogens (tertiary/aromatic N) is 3. The van der Waals surface area contributed by atoms with Gasteiger partial charge in [-0.15, -0.1) is 11.6 Å². The van der Waals surface area contributed by atoms with E-state index in [9.17, 15) is 4.79 Å². The van der Waals surface area contributed by atoms with E-state index < -0.39 is 38.8 Å². The molecule has 0 radical (unpaired) electrons. The van der Waals surface area contributed by atoms with Crippen LogP contribution in [0.2, 0.25) is 18.1 Å². The minimum absolute atomic E-state index is 0.0338. The average molecular weight is 490 g/mol. The Morgan fingerprint density at radius 2 is 2.12 bits per heavy atom. The van der Waals surface area contributed by atoms with Gasteiger partial charge in [0, 0.05) is 15.8 Å². The summed E-state index contributed by atoms with van der Waals surface area (Å²) in [6.45, 7) is 10.7. The van der Waals surface area contributed by atoms with Gasteiger partial charge in [-0.05, 0) is 23.7 Å². The molecule has 0 amide bonds. The average Bonchev–Trinajstić information content (AvgIpc) is 2.47. The van der Waals surface area contributed by atoms with Gasteiger partial charge in [0.1, 0.15) is 24.4 Å². The SMILES string of the molecule is CC(C)(C)[Si](C)(C)O[C@H]1C[C@H](N=[N+]=[N-])[C@H](OC(=O)CCl)[C@@H](CI)O1. The molecule has 0 bridgehead atoms. The van der Waals surface area contributed by atoms with E-state index in [1.165, 1.54) is 0 Å². The first-order chi connectivity index (χ1) is 11.1. The van der Waals surface area contributed by atoms with Gasteiger partial charge < -0.3 is 13.9 Å². The zero-order valence-corrected chi connectivity index (χ0v) is 18.6. The summed E-state index contributed by atoms with van der Waals surface area (Å²) in [7, 11) is -2.04. The second kappa shape index (κ2) is 9.04. The van der Waals surface area contributed by atoms with E-state index in [0.29, 0.717) is 10.8 Å². The Bertz CT molecular complexity index is 497. The summed E-state index contributed by atoms with van der Waals surface area (Å²) in [5.41, 5.74) is 8.85. The number of rotatable bonds is 6. The van der Waals surface area contributed by atoms with Crippen LogP contribution < -0.4 is 0 Å². The first-order valence-corrected chi connectivity index (χ1v) is 12.7. The van der Waals surface area contributed by atoms with E-state index in [4.69, 9.17) is 31.0 Å². The highest BCUT2D eigenvalue weighted by atomic mass is 127. The molecule has 138 valence electrons. The van der Waals surface area contributed by atoms with E-state index in [1.807, 2.05) is 0 Å². The molecule has 24 heavy (non-hydrogen) atoms. The van der Waals surface area contributed by atoms with E-state index in [1.54, 1.807) is 0 Å². The molecule has 10 heteroatoms. The summed E-state index contributed by atoms with van der Waals surface area (Å²) in [6, 6.07) is -0.537. The fraction of sp³-hybridized carbons (Fsp3) is 0.929. The molecule has 0 N–H and O–H groups in total. The molecule has 0 spiro atoms. The maximum atomic E-state index is 11.6. The molecule has 0 aliphatic carbocycles. The van der Waals surface area contributed by atoms with E-state index >= 15 is 0 Å². The summed E-state index contributed by atoms with van der Waals surface area (Å²) in [5, 5.41) is 3.84. The van der Waals surface area contributed by atoms with Gasteiger partial charge >= 0.3 is 5.97 Å². The lowest BCUT2D eigenvalue weighted by Crippen LogP contribution is -2.54. The number of hydrogen-bond donors (Lipinski definition) is 0. The topological polar surface area (TPSA) is 93.5 Å². The van der Waals surface area contributed by atoms with Crippen molar-refractivity contribution in [1.82, 2.24) is 0 Å². The second-order valence-corrected chi connectivity index (χ2v) is 13.1. The van der Waals surface area contributed by atoms with Crippen molar-refractivity contribution >= 4 is 48.5 Å². The number of carbonyl (C=O) groups excluding carboxylic acids is 1. The summed E-state index contributed by atoms with van der Waals surface area (Å²) in [4.78, 5) is 14.5. The van der Waals surface area contributed by atoms with Crippen LogP contribution in [-0.4, -0.2) is 49.1 Å². The number of carbonyl (C=O) groups is 1. The van der Waals surface area contributed by atoms with Gasteiger partial charge in [-0.1, -0.05) is 48.5 Å². The summed E-state index contributed by atoms with van der Waals surface area (Å²) >= 11 is 7.67. The highest BCUT2D eigenvalue weighted by Crippen LogP contribution is 2.39. The Kier molecular flexibility index (Phi) is 8.28. The predicted octanol–water partition coefficient (Wildman–Crippen LogP) is 4.39. The van der Waals surface area contributed by atoms with Gasteiger partial charge in [0.25, 0.3) is 0 Å². The van der Waals surface area contributed by atoms with Crippen LogP contribution in [0.15, 0.2) is 5.11 Å². The third-order valence-electron chi connectivity index (χ3n) is 4.47. The lowest BCUT2D eigenvalue weighted by Gasteiger charge is -2.44. The molecule has 1 fully saturated rings. The monoisotopic (exact) mass is 489 g/mol. The molecule has 0 aromatic carbocycles. The third-order valence-corrected chi connectivity index (χ3v) is 10.0. The molecule has 0 aromatic rings. The van der Waals surface area contributed by atoms with Crippen LogP contribution in [0.4, 0.5) is 0 Å². The number of halogens is 2. The van der Waals surface area contributed by atoms with Gasteiger partial charge in [-0.25, -0.2) is 0 Å². The molecule has 1 rings (SSSR count). The van der Waals surface area contributed by atoms with Crippen LogP contribution in [0.3, 0.4) is 0 Å². The maximum Gasteiger partial charge on any atom is 0.321 e. The first kappa shape index (κ1) is 22.0. The van der Waals surface area contributed by atoms with Crippen molar-refractivity contribution < 1.29 is 18.7 Å². The standard InChI is InChI=1S/C14H25ClIN3O4Si/c1-14(2,3)24(4,5)23-12-6-9(18-19-17)13(10(8-16)21-12)22-11(20)7-15/h9-10,12-13H,6-8H2,1-5H3/t9-,10+,12-,13-/m0/s1. The summed E-state index contributed by atoms with van der Waals surface area (Å²) in [6.07, 6.45) is -1.18. The van der Waals surface area contributed by atoms with Crippen LogP contribution in [0.1, 0.15) is 27.2 Å². The van der Waals surface area contributed by atoms with E-state index in [2.05, 4.69) is 66.5 Å². The fourth-order valence-corrected chi connectivity index (χ4v) is 4.06. The van der Waals surface area contributed by atoms with Crippen LogP contribution >= 0.6 is 34.2 Å². The molecular weight excluding hydrogens is 465 g/mol. The van der Waals surface area contributed by atoms with E-state index in [-0.39, 0.29) is 10.9 Å². The van der Waals surface area contributed by atoms with Crippen LogP contribution in [-0.2, 0) is 18.7 Å². The Morgan fingerprint density at radius 3 is 2.58 bits per heavy atom. The molecule has 7 nitrogen and oxygen atoms in total. The minimum Gasteiger partial charge on any atom is -0.458 e. The smallest absolute Gasteiger partial charge is 0.321 e. The Morgan fingerprint density at radius 1 is 1.50 bits per heavy atom. The fourth-order valence-electron chi connectivity index (χ4n) is 2.13. The van der Waals surface area contributed by atoms with Crippen molar-refractivity contribution in [3.05, 3.63) is 10.4 Å². The molecule has 1 aliphatic heterocycles. The highest BCUT2D eigenvalue weighted by Gasteiger charge is 2.45. The zero-order valence-electron chi connectivity index (χ0n) is 14.7. The van der Waals surface area contributed by atoms with Gasteiger partial charge in [0.15, 0.2) is 8.32 Å². The van der Waals surface area contributed by atoms with Crippen LogP contribution in [0.5, 0.6) is 0 Å². The van der Waals surface area contributed by atoms with E-state index in [0.717, 1.165) is 0 Å². The van der Waals surface area contributed by atoms with Crippen molar-refractivity contribution in [2.75, 3.05) is 10.3 Å². The molecular formula is C14H25ClIN3O4Si. The number of esters is 1. The quantitative estimate of drug-likeness (QED) is 0.105. The largest absolute Gasteiger partial charge is 0.458 e. The Hall–Kier alpha value is -0.0631. The second-order valence-electron chi connectivity index (χ2n) is 7.23. The highest BCUT2D eigenvalue weighted by molar-refractivity contribution is 14.1. The number of azide groups is 1. The Labute approximate surface area is 162 Å². The molecule has 0 aromatic heterocycles. The predicted molar refractivity (Wildman–Crippen MR) is 104 cm³/mol. The lowest BCUT2D eigenvalue weighted by atomic mass is 10.0. The zero-order chi connectivity index (χ0) is 18.5. The van der Waals surface area contributed by atoms with Gasteiger partial charge in [-0.3, -0.25) is 4.79 Å². The van der Waals surface area contributed by atoms with Gasteiger partial charge in [-0.2, -0.15) is 0 Å².